The maximum atomic E-state index is 6.77. The maximum absolute atomic E-state index is 6.77. The molecule has 3 aromatic heterocycles. The molecule has 1 aliphatic rings. The van der Waals surface area contributed by atoms with Gasteiger partial charge in [0.2, 0.25) is 0 Å². The molecule has 4 nitrogen and oxygen atoms in total. The number of benzene rings is 7. The van der Waals surface area contributed by atoms with Crippen LogP contribution in [0.5, 0.6) is 0 Å². The highest BCUT2D eigenvalue weighted by molar-refractivity contribution is 6.09. The first-order valence-electron chi connectivity index (χ1n) is 19.2. The minimum Gasteiger partial charge on any atom is -0.456 e. The summed E-state index contributed by atoms with van der Waals surface area (Å²) in [6.07, 6.45) is 3.20. The molecule has 0 aliphatic heterocycles. The molecule has 0 saturated heterocycles. The molecule has 0 spiro atoms. The molecular formula is C52H35N3O. The number of furan rings is 1. The van der Waals surface area contributed by atoms with Gasteiger partial charge in [0, 0.05) is 55.9 Å². The molecule has 7 aromatic carbocycles. The normalized spacial score (nSPS) is 13.9. The minimum absolute atomic E-state index is 0.00740. The van der Waals surface area contributed by atoms with E-state index in [1.54, 1.807) is 0 Å². The molecule has 11 rings (SSSR count). The van der Waals surface area contributed by atoms with Crippen LogP contribution in [0.15, 0.2) is 199 Å². The van der Waals surface area contributed by atoms with E-state index in [1.807, 2.05) is 12.1 Å². The van der Waals surface area contributed by atoms with Crippen LogP contribution in [0.1, 0.15) is 22.9 Å². The summed E-state index contributed by atoms with van der Waals surface area (Å²) in [4.78, 5) is 10.4. The summed E-state index contributed by atoms with van der Waals surface area (Å²) in [7, 11) is 0. The third kappa shape index (κ3) is 5.46. The van der Waals surface area contributed by atoms with Crippen molar-refractivity contribution in [3.05, 3.63) is 211 Å². The third-order valence-electron chi connectivity index (χ3n) is 11.2. The number of para-hydroxylation sites is 1. The van der Waals surface area contributed by atoms with Gasteiger partial charge in [0.25, 0.3) is 0 Å². The second-order valence-corrected chi connectivity index (χ2v) is 14.5. The first-order valence-corrected chi connectivity index (χ1v) is 19.2. The van der Waals surface area contributed by atoms with Gasteiger partial charge in [-0.05, 0) is 53.1 Å². The summed E-state index contributed by atoms with van der Waals surface area (Å²) in [6, 6.07) is 66.2. The molecule has 0 bridgehead atoms. The molecule has 264 valence electrons. The summed E-state index contributed by atoms with van der Waals surface area (Å²) in [5.41, 5.74) is 14.0. The number of aromatic nitrogens is 3. The van der Waals surface area contributed by atoms with Gasteiger partial charge in [-0.2, -0.15) is 0 Å². The van der Waals surface area contributed by atoms with E-state index in [0.29, 0.717) is 5.82 Å². The van der Waals surface area contributed by atoms with Crippen molar-refractivity contribution in [3.63, 3.8) is 0 Å². The monoisotopic (exact) mass is 717 g/mol. The molecule has 0 radical (unpaired) electrons. The molecule has 3 heterocycles. The van der Waals surface area contributed by atoms with Crippen molar-refractivity contribution in [2.24, 2.45) is 0 Å². The quantitative estimate of drug-likeness (QED) is 0.172. The van der Waals surface area contributed by atoms with Crippen molar-refractivity contribution in [3.8, 4) is 45.0 Å². The molecular weight excluding hydrogens is 683 g/mol. The van der Waals surface area contributed by atoms with Crippen LogP contribution in [0.2, 0.25) is 0 Å². The number of hydrogen-bond acceptors (Lipinski definition) is 3. The van der Waals surface area contributed by atoms with Gasteiger partial charge in [0.15, 0.2) is 5.82 Å². The lowest BCUT2D eigenvalue weighted by Crippen LogP contribution is -2.15. The highest BCUT2D eigenvalue weighted by Crippen LogP contribution is 2.45. The van der Waals surface area contributed by atoms with Crippen molar-refractivity contribution >= 4 is 38.3 Å². The van der Waals surface area contributed by atoms with Crippen molar-refractivity contribution < 1.29 is 4.42 Å². The van der Waals surface area contributed by atoms with Gasteiger partial charge in [-0.1, -0.05) is 158 Å². The number of nitrogens with zero attached hydrogens (tertiary/aromatic N) is 3. The lowest BCUT2D eigenvalue weighted by Gasteiger charge is -2.25. The van der Waals surface area contributed by atoms with E-state index in [4.69, 9.17) is 14.4 Å². The fraction of sp³-hybridized carbons (Fsp3) is 0.0385. The van der Waals surface area contributed by atoms with Crippen LogP contribution in [0.3, 0.4) is 0 Å². The van der Waals surface area contributed by atoms with Crippen molar-refractivity contribution in [2.75, 3.05) is 0 Å². The van der Waals surface area contributed by atoms with Crippen LogP contribution in [-0.2, 0) is 6.42 Å². The maximum Gasteiger partial charge on any atom is 0.160 e. The Hall–Kier alpha value is -7.30. The fourth-order valence-electron chi connectivity index (χ4n) is 8.51. The van der Waals surface area contributed by atoms with E-state index < -0.39 is 0 Å². The summed E-state index contributed by atoms with van der Waals surface area (Å²) in [5, 5.41) is 3.59. The summed E-state index contributed by atoms with van der Waals surface area (Å²) < 4.78 is 9.29. The molecule has 10 aromatic rings. The highest BCUT2D eigenvalue weighted by atomic mass is 16.3. The zero-order valence-corrected chi connectivity index (χ0v) is 30.5. The summed E-state index contributed by atoms with van der Waals surface area (Å²) in [6.45, 7) is 0. The molecule has 0 fully saturated rings. The second kappa shape index (κ2) is 13.2. The average molecular weight is 718 g/mol. The molecule has 0 saturated carbocycles. The molecule has 0 N–H and O–H groups in total. The molecule has 0 amide bonds. The van der Waals surface area contributed by atoms with E-state index in [2.05, 4.69) is 187 Å². The van der Waals surface area contributed by atoms with Crippen molar-refractivity contribution in [1.82, 2.24) is 14.5 Å². The number of hydrogen-bond donors (Lipinski definition) is 0. The van der Waals surface area contributed by atoms with Gasteiger partial charge >= 0.3 is 0 Å². The topological polar surface area (TPSA) is 43.9 Å². The van der Waals surface area contributed by atoms with Crippen LogP contribution in [0.25, 0.3) is 83.4 Å². The van der Waals surface area contributed by atoms with Gasteiger partial charge in [0.05, 0.1) is 22.9 Å². The van der Waals surface area contributed by atoms with Gasteiger partial charge in [-0.25, -0.2) is 9.97 Å². The van der Waals surface area contributed by atoms with E-state index >= 15 is 0 Å². The molecule has 1 atom stereocenters. The second-order valence-electron chi connectivity index (χ2n) is 14.5. The summed E-state index contributed by atoms with van der Waals surface area (Å²) >= 11 is 0. The SMILES string of the molecule is C1=C(c2ccccc2)c2oc3ccc(-c4ccccc4)cc3c2CC1n1c2ccccc2c2ccc(-c3nc(-c4ccccc4)cc(-c4ccccc4)n3)cc21. The Balaban J connectivity index is 1.12. The smallest absolute Gasteiger partial charge is 0.160 e. The van der Waals surface area contributed by atoms with E-state index in [1.165, 1.54) is 33.0 Å². The highest BCUT2D eigenvalue weighted by Gasteiger charge is 2.30. The van der Waals surface area contributed by atoms with Gasteiger partial charge < -0.3 is 8.98 Å². The first kappa shape index (κ1) is 32.2. The van der Waals surface area contributed by atoms with Crippen LogP contribution < -0.4 is 0 Å². The van der Waals surface area contributed by atoms with Crippen LogP contribution in [0.4, 0.5) is 0 Å². The Bertz CT molecular complexity index is 3030. The lowest BCUT2D eigenvalue weighted by molar-refractivity contribution is 0.567. The number of allylic oxidation sites excluding steroid dienone is 1. The summed E-state index contributed by atoms with van der Waals surface area (Å²) in [5.74, 6) is 1.65. The zero-order valence-electron chi connectivity index (χ0n) is 30.5. The molecule has 1 unspecified atom stereocenters. The van der Waals surface area contributed by atoms with Gasteiger partial charge in [-0.3, -0.25) is 0 Å². The van der Waals surface area contributed by atoms with Crippen LogP contribution >= 0.6 is 0 Å². The van der Waals surface area contributed by atoms with E-state index in [0.717, 1.165) is 67.9 Å². The average Bonchev–Trinajstić information content (AvgIpc) is 3.82. The largest absolute Gasteiger partial charge is 0.456 e. The standard InChI is InChI=1S/C52H35N3O/c1-5-15-34(16-6-1)38-26-28-50-44(29-38)45-32-40(31-43(51(45)56-50)35-17-7-2-8-18-35)55-48-24-14-13-23-41(48)42-27-25-39(30-49(42)55)52-53-46(36-19-9-3-10-20-36)33-47(54-52)37-21-11-4-12-22-37/h1-31,33,40H,32H2. The number of fused-ring (bicyclic) bond motifs is 6. The van der Waals surface area contributed by atoms with E-state index in [-0.39, 0.29) is 6.04 Å². The Labute approximate surface area is 324 Å². The Morgan fingerprint density at radius 2 is 1.02 bits per heavy atom. The van der Waals surface area contributed by atoms with Gasteiger partial charge in [-0.15, -0.1) is 0 Å². The molecule has 4 heteroatoms. The third-order valence-corrected chi connectivity index (χ3v) is 11.2. The zero-order chi connectivity index (χ0) is 37.0. The lowest BCUT2D eigenvalue weighted by atomic mass is 9.88. The van der Waals surface area contributed by atoms with Crippen LogP contribution in [0, 0.1) is 0 Å². The number of rotatable bonds is 6. The van der Waals surface area contributed by atoms with Gasteiger partial charge in [0.1, 0.15) is 11.3 Å². The Morgan fingerprint density at radius 1 is 0.446 bits per heavy atom. The minimum atomic E-state index is 0.00740. The molecule has 1 aliphatic carbocycles. The Morgan fingerprint density at radius 3 is 1.70 bits per heavy atom. The van der Waals surface area contributed by atoms with Crippen LogP contribution in [-0.4, -0.2) is 14.5 Å². The molecule has 56 heavy (non-hydrogen) atoms. The predicted octanol–water partition coefficient (Wildman–Crippen LogP) is 13.2. The van der Waals surface area contributed by atoms with Crippen molar-refractivity contribution in [2.45, 2.75) is 12.5 Å². The van der Waals surface area contributed by atoms with E-state index in [9.17, 15) is 0 Å². The Kier molecular flexibility index (Phi) is 7.59. The first-order chi connectivity index (χ1) is 27.7. The van der Waals surface area contributed by atoms with Crippen molar-refractivity contribution in [1.29, 1.82) is 0 Å². The predicted molar refractivity (Wildman–Crippen MR) is 229 cm³/mol. The fourth-order valence-corrected chi connectivity index (χ4v) is 8.51.